The molecule has 0 aliphatic heterocycles. The van der Waals surface area contributed by atoms with Crippen LogP contribution in [0.3, 0.4) is 0 Å². The summed E-state index contributed by atoms with van der Waals surface area (Å²) in [7, 11) is 0. The highest BCUT2D eigenvalue weighted by Gasteiger charge is 2.42. The predicted octanol–water partition coefficient (Wildman–Crippen LogP) is 5.95. The van der Waals surface area contributed by atoms with Crippen molar-refractivity contribution in [3.05, 3.63) is 108 Å². The van der Waals surface area contributed by atoms with E-state index in [1.54, 1.807) is 0 Å². The molecular weight excluding hydrogens is 352 g/mol. The fourth-order valence-corrected chi connectivity index (χ4v) is 4.60. The highest BCUT2D eigenvalue weighted by atomic mass is 15.1. The predicted molar refractivity (Wildman–Crippen MR) is 119 cm³/mol. The quantitative estimate of drug-likeness (QED) is 0.453. The average Bonchev–Trinajstić information content (AvgIpc) is 3.05. The Bertz CT molecular complexity index is 984. The Morgan fingerprint density at radius 1 is 0.862 bits per heavy atom. The Balaban J connectivity index is 1.55. The van der Waals surface area contributed by atoms with Gasteiger partial charge in [0.25, 0.3) is 0 Å². The van der Waals surface area contributed by atoms with Crippen molar-refractivity contribution in [2.45, 2.75) is 24.8 Å². The first-order valence-electron chi connectivity index (χ1n) is 10.3. The number of nitriles is 1. The van der Waals surface area contributed by atoms with E-state index in [1.807, 2.05) is 12.1 Å². The summed E-state index contributed by atoms with van der Waals surface area (Å²) in [5, 5.41) is 10.3. The first kappa shape index (κ1) is 19.2. The second-order valence-corrected chi connectivity index (χ2v) is 7.72. The molecule has 0 heterocycles. The van der Waals surface area contributed by atoms with E-state index in [4.69, 9.17) is 0 Å². The smallest absolute Gasteiger partial charge is 0.108 e. The van der Waals surface area contributed by atoms with E-state index in [1.165, 1.54) is 16.7 Å². The van der Waals surface area contributed by atoms with Crippen LogP contribution in [0.2, 0.25) is 0 Å². The zero-order valence-corrected chi connectivity index (χ0v) is 16.7. The van der Waals surface area contributed by atoms with E-state index in [-0.39, 0.29) is 0 Å². The van der Waals surface area contributed by atoms with Gasteiger partial charge in [0.15, 0.2) is 0 Å². The molecule has 0 N–H and O–H groups in total. The van der Waals surface area contributed by atoms with E-state index in [9.17, 15) is 5.26 Å². The van der Waals surface area contributed by atoms with Gasteiger partial charge in [0.05, 0.1) is 6.07 Å². The van der Waals surface area contributed by atoms with Crippen molar-refractivity contribution in [3.63, 3.8) is 0 Å². The highest BCUT2D eigenvalue weighted by molar-refractivity contribution is 5.82. The van der Waals surface area contributed by atoms with Crippen LogP contribution in [0, 0.1) is 11.3 Å². The first-order valence-corrected chi connectivity index (χ1v) is 10.3. The molecule has 3 aromatic carbocycles. The lowest BCUT2D eigenvalue weighted by Gasteiger charge is -2.26. The van der Waals surface area contributed by atoms with E-state index < -0.39 is 5.41 Å². The van der Waals surface area contributed by atoms with Crippen LogP contribution >= 0.6 is 0 Å². The third kappa shape index (κ3) is 3.62. The molecule has 2 nitrogen and oxygen atoms in total. The van der Waals surface area contributed by atoms with Crippen molar-refractivity contribution in [2.75, 3.05) is 13.1 Å². The van der Waals surface area contributed by atoms with Gasteiger partial charge in [-0.05, 0) is 47.2 Å². The van der Waals surface area contributed by atoms with Gasteiger partial charge >= 0.3 is 0 Å². The zero-order chi connectivity index (χ0) is 20.1. The number of nitrogens with zero attached hydrogens (tertiary/aromatic N) is 2. The average molecular weight is 379 g/mol. The molecule has 0 bridgehead atoms. The normalized spacial score (nSPS) is 13.5. The molecule has 144 valence electrons. The number of hydrogen-bond donors (Lipinski definition) is 0. The largest absolute Gasteiger partial charge is 0.295 e. The van der Waals surface area contributed by atoms with Crippen molar-refractivity contribution in [2.24, 2.45) is 0 Å². The van der Waals surface area contributed by atoms with Crippen LogP contribution in [0.15, 0.2) is 91.5 Å². The highest BCUT2D eigenvalue weighted by Crippen LogP contribution is 2.50. The number of hydrogen-bond acceptors (Lipinski definition) is 2. The molecule has 0 atom stereocenters. The Labute approximate surface area is 173 Å². The molecule has 29 heavy (non-hydrogen) atoms. The van der Waals surface area contributed by atoms with Crippen molar-refractivity contribution >= 4 is 0 Å². The van der Waals surface area contributed by atoms with Gasteiger partial charge in [-0.1, -0.05) is 84.9 Å². The van der Waals surface area contributed by atoms with Crippen LogP contribution in [0.5, 0.6) is 0 Å². The van der Waals surface area contributed by atoms with Crippen molar-refractivity contribution in [1.29, 1.82) is 5.26 Å². The zero-order valence-electron chi connectivity index (χ0n) is 16.7. The summed E-state index contributed by atoms with van der Waals surface area (Å²) in [4.78, 5) is 2.40. The maximum atomic E-state index is 10.3. The lowest BCUT2D eigenvalue weighted by molar-refractivity contribution is 0.282. The maximum absolute atomic E-state index is 10.3. The molecule has 2 heteroatoms. The Morgan fingerprint density at radius 2 is 1.45 bits per heavy atom. The molecular formula is C27H26N2. The molecule has 4 rings (SSSR count). The fraction of sp³-hybridized carbons (Fsp3) is 0.222. The Morgan fingerprint density at radius 3 is 2.03 bits per heavy atom. The summed E-state index contributed by atoms with van der Waals surface area (Å²) in [6.07, 6.45) is 3.74. The summed E-state index contributed by atoms with van der Waals surface area (Å²) < 4.78 is 0. The van der Waals surface area contributed by atoms with Gasteiger partial charge in [-0.25, -0.2) is 0 Å². The van der Waals surface area contributed by atoms with Crippen LogP contribution < -0.4 is 0 Å². The van der Waals surface area contributed by atoms with E-state index in [0.717, 1.165) is 43.6 Å². The maximum Gasteiger partial charge on any atom is 0.108 e. The second kappa shape index (κ2) is 8.47. The standard InChI is InChI=1S/C27H26N2/c1-2-18-29(20-22-11-4-3-5-12-22)19-10-17-27(21-28)25-15-8-6-13-23(25)24-14-7-9-16-26(24)27/h2-9,11-16H,1,10,17-20H2. The van der Waals surface area contributed by atoms with Gasteiger partial charge in [-0.2, -0.15) is 5.26 Å². The molecule has 0 fully saturated rings. The van der Waals surface area contributed by atoms with Crippen molar-refractivity contribution in [3.8, 4) is 17.2 Å². The van der Waals surface area contributed by atoms with Crippen LogP contribution in [0.1, 0.15) is 29.5 Å². The summed E-state index contributed by atoms with van der Waals surface area (Å²) in [5.41, 5.74) is 5.47. The van der Waals surface area contributed by atoms with Crippen molar-refractivity contribution in [1.82, 2.24) is 4.90 Å². The number of rotatable bonds is 8. The van der Waals surface area contributed by atoms with Crippen LogP contribution in [0.4, 0.5) is 0 Å². The third-order valence-electron chi connectivity index (χ3n) is 5.92. The first-order chi connectivity index (χ1) is 14.3. The topological polar surface area (TPSA) is 27.0 Å². The molecule has 0 spiro atoms. The van der Waals surface area contributed by atoms with Gasteiger partial charge in [-0.3, -0.25) is 4.90 Å². The molecule has 1 aliphatic carbocycles. The second-order valence-electron chi connectivity index (χ2n) is 7.72. The van der Waals surface area contributed by atoms with Crippen molar-refractivity contribution < 1.29 is 0 Å². The molecule has 0 radical (unpaired) electrons. The van der Waals surface area contributed by atoms with E-state index in [2.05, 4.69) is 90.3 Å². The lowest BCUT2D eigenvalue weighted by atomic mass is 9.76. The lowest BCUT2D eigenvalue weighted by Crippen LogP contribution is -2.28. The summed E-state index contributed by atoms with van der Waals surface area (Å²) in [6, 6.07) is 30.0. The number of fused-ring (bicyclic) bond motifs is 3. The summed E-state index contributed by atoms with van der Waals surface area (Å²) in [6.45, 7) is 6.61. The third-order valence-corrected chi connectivity index (χ3v) is 5.92. The molecule has 0 amide bonds. The van der Waals surface area contributed by atoms with Crippen LogP contribution in [-0.2, 0) is 12.0 Å². The van der Waals surface area contributed by atoms with Gasteiger partial charge in [0, 0.05) is 13.1 Å². The summed E-state index contributed by atoms with van der Waals surface area (Å²) >= 11 is 0. The molecule has 1 aliphatic rings. The fourth-order valence-electron chi connectivity index (χ4n) is 4.60. The number of benzene rings is 3. The van der Waals surface area contributed by atoms with Gasteiger partial charge in [-0.15, -0.1) is 6.58 Å². The van der Waals surface area contributed by atoms with E-state index in [0.29, 0.717) is 0 Å². The van der Waals surface area contributed by atoms with Gasteiger partial charge in [0.2, 0.25) is 0 Å². The Kier molecular flexibility index (Phi) is 5.60. The minimum atomic E-state index is -0.556. The molecule has 0 aromatic heterocycles. The van der Waals surface area contributed by atoms with E-state index >= 15 is 0 Å². The molecule has 3 aromatic rings. The molecule has 0 unspecified atom stereocenters. The SMILES string of the molecule is C=CCN(CCCC1(C#N)c2ccccc2-c2ccccc21)Cc1ccccc1. The summed E-state index contributed by atoms with van der Waals surface area (Å²) in [5.74, 6) is 0. The van der Waals surface area contributed by atoms with Gasteiger partial charge in [0.1, 0.15) is 5.41 Å². The minimum absolute atomic E-state index is 0.556. The van der Waals surface area contributed by atoms with Crippen LogP contribution in [-0.4, -0.2) is 18.0 Å². The molecule has 0 saturated heterocycles. The Hall–Kier alpha value is -3.15. The van der Waals surface area contributed by atoms with Crippen LogP contribution in [0.25, 0.3) is 11.1 Å². The molecule has 0 saturated carbocycles. The minimum Gasteiger partial charge on any atom is -0.295 e. The van der Waals surface area contributed by atoms with Gasteiger partial charge < -0.3 is 0 Å². The monoisotopic (exact) mass is 378 g/mol.